The molecule has 9 heteroatoms. The molecule has 4 rings (SSSR count). The van der Waals surface area contributed by atoms with Crippen LogP contribution in [0.25, 0.3) is 11.5 Å². The number of hydrogen-bond acceptors (Lipinski definition) is 8. The average Bonchev–Trinajstić information content (AvgIpc) is 3.51. The molecule has 3 heterocycles. The number of carbonyl (C=O) groups is 1. The largest absolute Gasteiger partial charge is 0.355 e. The molecule has 1 aliphatic heterocycles. The molecule has 2 N–H and O–H groups in total. The van der Waals surface area contributed by atoms with E-state index in [4.69, 9.17) is 9.73 Å². The van der Waals surface area contributed by atoms with Crippen molar-refractivity contribution in [3.8, 4) is 11.5 Å². The number of anilines is 1. The fourth-order valence-corrected chi connectivity index (χ4v) is 4.86. The highest BCUT2D eigenvalue weighted by Crippen LogP contribution is 2.33. The van der Waals surface area contributed by atoms with Crippen molar-refractivity contribution in [2.24, 2.45) is 5.92 Å². The van der Waals surface area contributed by atoms with Gasteiger partial charge in [0.15, 0.2) is 11.5 Å². The van der Waals surface area contributed by atoms with E-state index in [0.29, 0.717) is 17.4 Å². The Hall–Kier alpha value is -2.55. The van der Waals surface area contributed by atoms with Crippen LogP contribution >= 0.6 is 0 Å². The maximum atomic E-state index is 11.9. The monoisotopic (exact) mass is 428 g/mol. The van der Waals surface area contributed by atoms with E-state index in [-0.39, 0.29) is 12.3 Å². The van der Waals surface area contributed by atoms with Gasteiger partial charge in [-0.2, -0.15) is 4.98 Å². The summed E-state index contributed by atoms with van der Waals surface area (Å²) in [6.07, 6.45) is 15.2. The van der Waals surface area contributed by atoms with E-state index in [9.17, 15) is 4.79 Å². The van der Waals surface area contributed by atoms with Gasteiger partial charge in [-0.15, -0.1) is 0 Å². The predicted octanol–water partition coefficient (Wildman–Crippen LogP) is 3.86. The molecule has 2 aromatic heterocycles. The summed E-state index contributed by atoms with van der Waals surface area (Å²) < 4.78 is 5.58. The first-order valence-electron chi connectivity index (χ1n) is 11.6. The third-order valence-corrected chi connectivity index (χ3v) is 6.53. The van der Waals surface area contributed by atoms with E-state index in [1.54, 1.807) is 17.9 Å². The maximum Gasteiger partial charge on any atom is 0.244 e. The second-order valence-corrected chi connectivity index (χ2v) is 8.75. The van der Waals surface area contributed by atoms with Gasteiger partial charge in [0.2, 0.25) is 17.6 Å². The fraction of sp³-hybridized carbons (Fsp3) is 0.682. The molecule has 1 saturated heterocycles. The minimum atomic E-state index is -0.445. The lowest BCUT2D eigenvalue weighted by Crippen LogP contribution is -2.21. The molecule has 1 atom stereocenters. The van der Waals surface area contributed by atoms with E-state index >= 15 is 0 Å². The number of hydrogen-bond donors (Lipinski definition) is 2. The summed E-state index contributed by atoms with van der Waals surface area (Å²) in [5.41, 5.74) is 2.34. The van der Waals surface area contributed by atoms with E-state index in [2.05, 4.69) is 25.0 Å². The number of carbonyl (C=O) groups excluding carboxylic acids is 1. The van der Waals surface area contributed by atoms with Crippen molar-refractivity contribution in [2.75, 3.05) is 18.0 Å². The molecule has 0 radical (unpaired) electrons. The quantitative estimate of drug-likeness (QED) is 0.457. The molecule has 1 aliphatic carbocycles. The summed E-state index contributed by atoms with van der Waals surface area (Å²) in [5.74, 6) is 1.69. The SMILES string of the molecule is O=C(CC(CCCC1CCCCC1)c1nc(-c2nccnc2N2CCCC2)no1)NO. The van der Waals surface area contributed by atoms with Gasteiger partial charge < -0.3 is 9.42 Å². The van der Waals surface area contributed by atoms with Gasteiger partial charge in [-0.3, -0.25) is 10.0 Å². The molecule has 1 saturated carbocycles. The zero-order valence-corrected chi connectivity index (χ0v) is 18.0. The number of nitrogens with zero attached hydrogens (tertiary/aromatic N) is 5. The smallest absolute Gasteiger partial charge is 0.244 e. The minimum Gasteiger partial charge on any atom is -0.355 e. The number of amides is 1. The first kappa shape index (κ1) is 21.7. The lowest BCUT2D eigenvalue weighted by Gasteiger charge is -2.22. The van der Waals surface area contributed by atoms with Gasteiger partial charge in [-0.25, -0.2) is 15.4 Å². The van der Waals surface area contributed by atoms with E-state index in [1.807, 2.05) is 0 Å². The van der Waals surface area contributed by atoms with Gasteiger partial charge in [0.1, 0.15) is 0 Å². The molecule has 1 unspecified atom stereocenters. The van der Waals surface area contributed by atoms with Crippen LogP contribution in [0.5, 0.6) is 0 Å². The number of hydroxylamine groups is 1. The van der Waals surface area contributed by atoms with Crippen molar-refractivity contribution in [3.63, 3.8) is 0 Å². The Balaban J connectivity index is 1.47. The Morgan fingerprint density at radius 3 is 2.71 bits per heavy atom. The lowest BCUT2D eigenvalue weighted by atomic mass is 9.84. The Kier molecular flexibility index (Phi) is 7.45. The van der Waals surface area contributed by atoms with E-state index in [0.717, 1.165) is 56.9 Å². The topological polar surface area (TPSA) is 117 Å². The molecule has 0 bridgehead atoms. The fourth-order valence-electron chi connectivity index (χ4n) is 4.86. The predicted molar refractivity (Wildman–Crippen MR) is 114 cm³/mol. The summed E-state index contributed by atoms with van der Waals surface area (Å²) in [6.45, 7) is 1.88. The summed E-state index contributed by atoms with van der Waals surface area (Å²) >= 11 is 0. The van der Waals surface area contributed by atoms with Crippen LogP contribution in [0.1, 0.15) is 82.4 Å². The van der Waals surface area contributed by atoms with E-state index in [1.165, 1.54) is 32.1 Å². The van der Waals surface area contributed by atoms with Crippen LogP contribution in [0.3, 0.4) is 0 Å². The van der Waals surface area contributed by atoms with Gasteiger partial charge >= 0.3 is 0 Å². The zero-order valence-electron chi connectivity index (χ0n) is 18.0. The van der Waals surface area contributed by atoms with Crippen molar-refractivity contribution >= 4 is 11.7 Å². The van der Waals surface area contributed by atoms with Crippen LogP contribution in [0.4, 0.5) is 5.82 Å². The third-order valence-electron chi connectivity index (χ3n) is 6.53. The van der Waals surface area contributed by atoms with Crippen LogP contribution in [-0.4, -0.2) is 44.3 Å². The number of nitrogens with one attached hydrogen (secondary N) is 1. The average molecular weight is 429 g/mol. The molecule has 168 valence electrons. The van der Waals surface area contributed by atoms with Crippen molar-refractivity contribution in [1.82, 2.24) is 25.6 Å². The zero-order chi connectivity index (χ0) is 21.5. The first-order chi connectivity index (χ1) is 15.2. The maximum absolute atomic E-state index is 11.9. The minimum absolute atomic E-state index is 0.113. The molecular formula is C22H32N6O3. The second kappa shape index (κ2) is 10.7. The van der Waals surface area contributed by atoms with Gasteiger partial charge in [0.05, 0.1) is 0 Å². The van der Waals surface area contributed by atoms with Gasteiger partial charge in [-0.05, 0) is 25.2 Å². The van der Waals surface area contributed by atoms with Crippen molar-refractivity contribution < 1.29 is 14.5 Å². The van der Waals surface area contributed by atoms with E-state index < -0.39 is 5.91 Å². The van der Waals surface area contributed by atoms with Gasteiger partial charge in [-0.1, -0.05) is 50.1 Å². The van der Waals surface area contributed by atoms with Crippen LogP contribution in [-0.2, 0) is 4.79 Å². The molecular weight excluding hydrogens is 396 g/mol. The highest BCUT2D eigenvalue weighted by atomic mass is 16.5. The molecule has 31 heavy (non-hydrogen) atoms. The van der Waals surface area contributed by atoms with Crippen LogP contribution in [0.2, 0.25) is 0 Å². The van der Waals surface area contributed by atoms with Crippen molar-refractivity contribution in [2.45, 2.75) is 76.5 Å². The van der Waals surface area contributed by atoms with Crippen LogP contribution in [0, 0.1) is 5.92 Å². The Bertz CT molecular complexity index is 845. The van der Waals surface area contributed by atoms with Crippen LogP contribution < -0.4 is 10.4 Å². The standard InChI is InChI=1S/C22H32N6O3/c29-18(26-30)15-17(10-6-9-16-7-2-1-3-8-16)22-25-20(27-31-22)19-21(24-12-11-23-19)28-13-4-5-14-28/h11-12,16-17,30H,1-10,13-15H2,(H,26,29). The van der Waals surface area contributed by atoms with Crippen LogP contribution in [0.15, 0.2) is 16.9 Å². The Morgan fingerprint density at radius 1 is 1.16 bits per heavy atom. The summed E-state index contributed by atoms with van der Waals surface area (Å²) in [6, 6.07) is 0. The molecule has 1 amide bonds. The summed E-state index contributed by atoms with van der Waals surface area (Å²) in [4.78, 5) is 27.6. The third kappa shape index (κ3) is 5.58. The summed E-state index contributed by atoms with van der Waals surface area (Å²) in [7, 11) is 0. The van der Waals surface area contributed by atoms with Gasteiger partial charge in [0, 0.05) is 37.8 Å². The normalized spacial score (nSPS) is 18.3. The molecule has 2 aliphatic rings. The Labute approximate surface area is 182 Å². The number of rotatable bonds is 9. The van der Waals surface area contributed by atoms with Crippen molar-refractivity contribution in [3.05, 3.63) is 18.3 Å². The van der Waals surface area contributed by atoms with Crippen molar-refractivity contribution in [1.29, 1.82) is 0 Å². The van der Waals surface area contributed by atoms with Gasteiger partial charge in [0.25, 0.3) is 0 Å². The molecule has 2 aromatic rings. The summed E-state index contributed by atoms with van der Waals surface area (Å²) in [5, 5.41) is 13.2. The molecule has 0 spiro atoms. The molecule has 9 nitrogen and oxygen atoms in total. The highest BCUT2D eigenvalue weighted by Gasteiger charge is 2.26. The number of aromatic nitrogens is 4. The second-order valence-electron chi connectivity index (χ2n) is 8.75. The lowest BCUT2D eigenvalue weighted by molar-refractivity contribution is -0.129. The molecule has 0 aromatic carbocycles. The first-order valence-corrected chi connectivity index (χ1v) is 11.6. The molecule has 2 fully saturated rings. The Morgan fingerprint density at radius 2 is 1.94 bits per heavy atom. The highest BCUT2D eigenvalue weighted by molar-refractivity contribution is 5.75.